The van der Waals surface area contributed by atoms with Crippen molar-refractivity contribution in [2.75, 3.05) is 6.54 Å². The van der Waals surface area contributed by atoms with E-state index < -0.39 is 5.97 Å². The number of aromatic nitrogens is 1. The summed E-state index contributed by atoms with van der Waals surface area (Å²) >= 11 is 0. The minimum atomic E-state index is -0.905. The number of furan rings is 1. The molecule has 0 aliphatic carbocycles. The summed E-state index contributed by atoms with van der Waals surface area (Å²) in [6, 6.07) is 19.9. The maximum atomic E-state index is 12.2. The lowest BCUT2D eigenvalue weighted by atomic mass is 10.1. The number of nitrogens with one attached hydrogen (secondary N) is 1. The lowest BCUT2D eigenvalue weighted by molar-refractivity contribution is 0.0684. The molecule has 0 aliphatic rings. The number of carbonyl (C=O) groups is 1. The van der Waals surface area contributed by atoms with Crippen LogP contribution in [0.5, 0.6) is 0 Å². The first-order valence-corrected chi connectivity index (χ1v) is 9.75. The van der Waals surface area contributed by atoms with Gasteiger partial charge in [0, 0.05) is 42.5 Å². The van der Waals surface area contributed by atoms with Crippen molar-refractivity contribution in [1.82, 2.24) is 9.88 Å². The second-order valence-electron chi connectivity index (χ2n) is 7.23. The molecule has 29 heavy (non-hydrogen) atoms. The summed E-state index contributed by atoms with van der Waals surface area (Å²) in [6.07, 6.45) is 2.43. The van der Waals surface area contributed by atoms with Crippen LogP contribution in [-0.2, 0) is 19.5 Å². The Morgan fingerprint density at radius 3 is 2.66 bits per heavy atom. The largest absolute Gasteiger partial charge is 0.477 e. The predicted molar refractivity (Wildman–Crippen MR) is 113 cm³/mol. The first-order chi connectivity index (χ1) is 14.1. The van der Waals surface area contributed by atoms with Crippen molar-refractivity contribution in [2.45, 2.75) is 26.4 Å². The third-order valence-corrected chi connectivity index (χ3v) is 5.14. The van der Waals surface area contributed by atoms with Gasteiger partial charge < -0.3 is 19.4 Å². The van der Waals surface area contributed by atoms with Gasteiger partial charge in [-0.15, -0.1) is 0 Å². The van der Waals surface area contributed by atoms with E-state index in [-0.39, 0.29) is 0 Å². The Bertz CT molecular complexity index is 1110. The number of aromatic carboxylic acids is 1. The fraction of sp³-hybridized carbons (Fsp3) is 0.208. The SMILES string of the molecule is Cc1ccc2c(CNCCc3ccco3)c(C(=O)O)n(Cc3ccccc3)c2c1. The molecular weight excluding hydrogens is 364 g/mol. The zero-order chi connectivity index (χ0) is 20.2. The van der Waals surface area contributed by atoms with E-state index in [1.54, 1.807) is 6.26 Å². The first-order valence-electron chi connectivity index (χ1n) is 9.75. The van der Waals surface area contributed by atoms with Gasteiger partial charge in [0.25, 0.3) is 0 Å². The summed E-state index contributed by atoms with van der Waals surface area (Å²) in [4.78, 5) is 12.2. The minimum Gasteiger partial charge on any atom is -0.477 e. The Hall–Kier alpha value is -3.31. The second kappa shape index (κ2) is 8.37. The molecule has 5 nitrogen and oxygen atoms in total. The average molecular weight is 388 g/mol. The molecular formula is C24H24N2O3. The predicted octanol–water partition coefficient (Wildman–Crippen LogP) is 4.62. The highest BCUT2D eigenvalue weighted by Crippen LogP contribution is 2.28. The molecule has 2 N–H and O–H groups in total. The summed E-state index contributed by atoms with van der Waals surface area (Å²) in [7, 11) is 0. The maximum Gasteiger partial charge on any atom is 0.352 e. The highest BCUT2D eigenvalue weighted by Gasteiger charge is 2.22. The zero-order valence-electron chi connectivity index (χ0n) is 16.4. The van der Waals surface area contributed by atoms with Gasteiger partial charge in [-0.2, -0.15) is 0 Å². The van der Waals surface area contributed by atoms with E-state index in [1.165, 1.54) is 0 Å². The van der Waals surface area contributed by atoms with Gasteiger partial charge in [0.2, 0.25) is 0 Å². The van der Waals surface area contributed by atoms with E-state index in [0.717, 1.165) is 39.8 Å². The number of aryl methyl sites for hydroxylation is 1. The van der Waals surface area contributed by atoms with E-state index in [9.17, 15) is 9.90 Å². The summed E-state index contributed by atoms with van der Waals surface area (Å²) in [5.41, 5.74) is 4.31. The van der Waals surface area contributed by atoms with Gasteiger partial charge in [0.1, 0.15) is 11.5 Å². The van der Waals surface area contributed by atoms with Crippen molar-refractivity contribution in [3.05, 3.63) is 95.1 Å². The Balaban J connectivity index is 1.68. The van der Waals surface area contributed by atoms with Crippen LogP contribution >= 0.6 is 0 Å². The number of hydrogen-bond acceptors (Lipinski definition) is 3. The molecule has 0 atom stereocenters. The molecule has 0 saturated heterocycles. The van der Waals surface area contributed by atoms with Gasteiger partial charge in [-0.25, -0.2) is 4.79 Å². The number of benzene rings is 2. The lowest BCUT2D eigenvalue weighted by Gasteiger charge is -2.10. The summed E-state index contributed by atoms with van der Waals surface area (Å²) in [6.45, 7) is 3.75. The van der Waals surface area contributed by atoms with Gasteiger partial charge in [0.15, 0.2) is 0 Å². The number of carboxylic acid groups (broad SMARTS) is 1. The van der Waals surface area contributed by atoms with E-state index in [0.29, 0.717) is 25.3 Å². The van der Waals surface area contributed by atoms with Crippen molar-refractivity contribution >= 4 is 16.9 Å². The van der Waals surface area contributed by atoms with Crippen LogP contribution in [0.25, 0.3) is 10.9 Å². The third kappa shape index (κ3) is 4.10. The van der Waals surface area contributed by atoms with Crippen molar-refractivity contribution < 1.29 is 14.3 Å². The smallest absolute Gasteiger partial charge is 0.352 e. The van der Waals surface area contributed by atoms with Crippen LogP contribution < -0.4 is 5.32 Å². The van der Waals surface area contributed by atoms with Gasteiger partial charge >= 0.3 is 5.97 Å². The molecule has 0 radical (unpaired) electrons. The number of rotatable bonds is 8. The number of carboxylic acids is 1. The molecule has 0 unspecified atom stereocenters. The van der Waals surface area contributed by atoms with Crippen LogP contribution in [0.1, 0.15) is 32.9 Å². The molecule has 0 saturated carbocycles. The zero-order valence-corrected chi connectivity index (χ0v) is 16.4. The van der Waals surface area contributed by atoms with Gasteiger partial charge in [0.05, 0.1) is 6.26 Å². The quantitative estimate of drug-likeness (QED) is 0.432. The highest BCUT2D eigenvalue weighted by atomic mass is 16.4. The fourth-order valence-corrected chi connectivity index (χ4v) is 3.76. The van der Waals surface area contributed by atoms with E-state index >= 15 is 0 Å². The number of hydrogen-bond donors (Lipinski definition) is 2. The molecule has 0 amide bonds. The molecule has 148 valence electrons. The van der Waals surface area contributed by atoms with Gasteiger partial charge in [-0.3, -0.25) is 0 Å². The second-order valence-corrected chi connectivity index (χ2v) is 7.23. The number of nitrogens with zero attached hydrogens (tertiary/aromatic N) is 1. The van der Waals surface area contributed by atoms with Crippen molar-refractivity contribution in [3.63, 3.8) is 0 Å². The van der Waals surface area contributed by atoms with Crippen LogP contribution in [0.15, 0.2) is 71.3 Å². The summed E-state index contributed by atoms with van der Waals surface area (Å²) < 4.78 is 7.28. The third-order valence-electron chi connectivity index (χ3n) is 5.14. The van der Waals surface area contributed by atoms with Crippen LogP contribution in [0.4, 0.5) is 0 Å². The number of fused-ring (bicyclic) bond motifs is 1. The molecule has 2 aromatic heterocycles. The average Bonchev–Trinajstić information content (AvgIpc) is 3.33. The maximum absolute atomic E-state index is 12.2. The molecule has 2 heterocycles. The van der Waals surface area contributed by atoms with Crippen LogP contribution in [0.3, 0.4) is 0 Å². The molecule has 0 fully saturated rings. The van der Waals surface area contributed by atoms with E-state index in [4.69, 9.17) is 4.42 Å². The molecule has 2 aromatic carbocycles. The van der Waals surface area contributed by atoms with Crippen molar-refractivity contribution in [1.29, 1.82) is 0 Å². The van der Waals surface area contributed by atoms with E-state index in [2.05, 4.69) is 11.4 Å². The highest BCUT2D eigenvalue weighted by molar-refractivity contribution is 5.98. The summed E-state index contributed by atoms with van der Waals surface area (Å²) in [5, 5.41) is 14.4. The standard InChI is InChI=1S/C24H24N2O3/c1-17-9-10-20-21(15-25-12-11-19-8-5-13-29-19)23(24(27)28)26(22(20)14-17)16-18-6-3-2-4-7-18/h2-10,13-14,25H,11-12,15-16H2,1H3,(H,27,28). The Labute approximate surface area is 169 Å². The van der Waals surface area contributed by atoms with Crippen LogP contribution in [-0.4, -0.2) is 22.2 Å². The van der Waals surface area contributed by atoms with Crippen LogP contribution in [0, 0.1) is 6.92 Å². The van der Waals surface area contributed by atoms with Crippen molar-refractivity contribution in [3.8, 4) is 0 Å². The fourth-order valence-electron chi connectivity index (χ4n) is 3.76. The molecule has 4 aromatic rings. The van der Waals surface area contributed by atoms with E-state index in [1.807, 2.05) is 66.1 Å². The molecule has 0 spiro atoms. The Kier molecular flexibility index (Phi) is 5.49. The first kappa shape index (κ1) is 19.0. The Morgan fingerprint density at radius 2 is 1.93 bits per heavy atom. The monoisotopic (exact) mass is 388 g/mol. The minimum absolute atomic E-state index is 0.347. The topological polar surface area (TPSA) is 67.4 Å². The van der Waals surface area contributed by atoms with Gasteiger partial charge in [-0.1, -0.05) is 42.5 Å². The van der Waals surface area contributed by atoms with Crippen LogP contribution in [0.2, 0.25) is 0 Å². The lowest BCUT2D eigenvalue weighted by Crippen LogP contribution is -2.19. The molecule has 5 heteroatoms. The molecule has 0 aliphatic heterocycles. The normalized spacial score (nSPS) is 11.2. The summed E-state index contributed by atoms with van der Waals surface area (Å²) in [5.74, 6) is 0.00991. The molecule has 4 rings (SSSR count). The molecule has 0 bridgehead atoms. The Morgan fingerprint density at radius 1 is 1.10 bits per heavy atom. The van der Waals surface area contributed by atoms with Crippen molar-refractivity contribution in [2.24, 2.45) is 0 Å². The van der Waals surface area contributed by atoms with Gasteiger partial charge in [-0.05, 0) is 36.2 Å².